The van der Waals surface area contributed by atoms with Gasteiger partial charge in [0.1, 0.15) is 10.7 Å². The van der Waals surface area contributed by atoms with E-state index in [-0.39, 0.29) is 11.0 Å². The third-order valence-corrected chi connectivity index (χ3v) is 4.42. The van der Waals surface area contributed by atoms with Crippen LogP contribution < -0.4 is 11.1 Å². The van der Waals surface area contributed by atoms with Gasteiger partial charge in [0.2, 0.25) is 5.95 Å². The zero-order chi connectivity index (χ0) is 13.1. The molecule has 2 heterocycles. The molecule has 3 N–H and O–H groups in total. The maximum Gasteiger partial charge on any atom is 0.223 e. The molecule has 0 radical (unpaired) electrons. The van der Waals surface area contributed by atoms with Crippen molar-refractivity contribution in [1.29, 1.82) is 0 Å². The Hall–Kier alpha value is -1.08. The van der Waals surface area contributed by atoms with E-state index < -0.39 is 10.8 Å². The largest absolute Gasteiger partial charge is 0.388 e. The second-order valence-corrected chi connectivity index (χ2v) is 6.49. The van der Waals surface area contributed by atoms with Crippen LogP contribution in [-0.2, 0) is 10.8 Å². The number of aromatic nitrogens is 2. The van der Waals surface area contributed by atoms with Crippen molar-refractivity contribution >= 4 is 34.0 Å². The van der Waals surface area contributed by atoms with Gasteiger partial charge in [-0.2, -0.15) is 0 Å². The van der Waals surface area contributed by atoms with Crippen LogP contribution in [0.3, 0.4) is 0 Å². The Labute approximate surface area is 114 Å². The van der Waals surface area contributed by atoms with Gasteiger partial charge in [0.05, 0.1) is 0 Å². The molecule has 0 amide bonds. The third kappa shape index (κ3) is 3.46. The fourth-order valence-corrected chi connectivity index (χ4v) is 3.28. The molecule has 0 atom stereocenters. The van der Waals surface area contributed by atoms with Crippen molar-refractivity contribution in [2.75, 3.05) is 16.8 Å². The summed E-state index contributed by atoms with van der Waals surface area (Å²) in [5.41, 5.74) is 6.99. The molecule has 1 aromatic rings. The van der Waals surface area contributed by atoms with Gasteiger partial charge in [0, 0.05) is 34.0 Å². The molecule has 0 unspecified atom stereocenters. The van der Waals surface area contributed by atoms with Crippen LogP contribution in [0.25, 0.3) is 0 Å². The van der Waals surface area contributed by atoms with E-state index in [0.29, 0.717) is 11.6 Å². The number of anilines is 1. The highest BCUT2D eigenvalue weighted by molar-refractivity contribution is 7.85. The minimum Gasteiger partial charge on any atom is -0.388 e. The number of rotatable bonds is 3. The summed E-state index contributed by atoms with van der Waals surface area (Å²) in [6.45, 7) is 1.88. The second-order valence-electron chi connectivity index (χ2n) is 4.35. The van der Waals surface area contributed by atoms with Crippen LogP contribution in [0.5, 0.6) is 0 Å². The Morgan fingerprint density at radius 2 is 2.17 bits per heavy atom. The minimum absolute atomic E-state index is 0.272. The highest BCUT2D eigenvalue weighted by Gasteiger charge is 2.18. The Bertz CT molecular complexity index is 482. The lowest BCUT2D eigenvalue weighted by molar-refractivity contribution is 0.620. The lowest BCUT2D eigenvalue weighted by Gasteiger charge is -2.22. The molecule has 1 aromatic heterocycles. The molecule has 98 valence electrons. The van der Waals surface area contributed by atoms with Gasteiger partial charge in [-0.3, -0.25) is 4.21 Å². The van der Waals surface area contributed by atoms with Gasteiger partial charge in [-0.15, -0.1) is 0 Å². The first-order valence-corrected chi connectivity index (χ1v) is 7.71. The average molecular weight is 284 g/mol. The van der Waals surface area contributed by atoms with E-state index in [1.807, 2.05) is 6.92 Å². The van der Waals surface area contributed by atoms with E-state index in [2.05, 4.69) is 15.3 Å². The van der Waals surface area contributed by atoms with Gasteiger partial charge in [-0.1, -0.05) is 12.2 Å². The minimum atomic E-state index is -0.657. The Balaban J connectivity index is 2.09. The van der Waals surface area contributed by atoms with Crippen LogP contribution in [-0.4, -0.2) is 36.7 Å². The quantitative estimate of drug-likeness (QED) is 0.797. The summed E-state index contributed by atoms with van der Waals surface area (Å²) in [5, 5.41) is 3.27. The molecule has 7 heteroatoms. The Morgan fingerprint density at radius 3 is 2.78 bits per heavy atom. The molecule has 1 aliphatic heterocycles. The molecular weight excluding hydrogens is 268 g/mol. The van der Waals surface area contributed by atoms with Crippen molar-refractivity contribution in [2.45, 2.75) is 25.8 Å². The van der Waals surface area contributed by atoms with E-state index in [0.717, 1.165) is 30.0 Å². The number of nitrogens with zero attached hydrogens (tertiary/aromatic N) is 2. The summed E-state index contributed by atoms with van der Waals surface area (Å²) < 4.78 is 11.3. The van der Waals surface area contributed by atoms with Gasteiger partial charge >= 0.3 is 0 Å². The van der Waals surface area contributed by atoms with Gasteiger partial charge in [0.15, 0.2) is 0 Å². The molecule has 1 aliphatic rings. The molecule has 5 nitrogen and oxygen atoms in total. The SMILES string of the molecule is Cc1cc(C(N)=S)nc(NC2CCS(=O)CC2)n1. The molecule has 1 saturated heterocycles. The molecule has 0 aliphatic carbocycles. The number of hydrogen-bond acceptors (Lipinski definition) is 5. The molecule has 2 rings (SSSR count). The first-order valence-electron chi connectivity index (χ1n) is 5.81. The van der Waals surface area contributed by atoms with Crippen molar-refractivity contribution in [1.82, 2.24) is 9.97 Å². The predicted molar refractivity (Wildman–Crippen MR) is 77.2 cm³/mol. The lowest BCUT2D eigenvalue weighted by Crippen LogP contribution is -2.30. The molecule has 0 aromatic carbocycles. The van der Waals surface area contributed by atoms with E-state index in [1.165, 1.54) is 0 Å². The Kier molecular flexibility index (Phi) is 4.23. The number of aryl methyl sites for hydroxylation is 1. The topological polar surface area (TPSA) is 80.9 Å². The van der Waals surface area contributed by atoms with Crippen LogP contribution in [0.1, 0.15) is 24.2 Å². The summed E-state index contributed by atoms with van der Waals surface area (Å²) >= 11 is 4.92. The number of hydrogen-bond donors (Lipinski definition) is 2. The van der Waals surface area contributed by atoms with Gasteiger partial charge in [-0.05, 0) is 25.8 Å². The van der Waals surface area contributed by atoms with Crippen LogP contribution in [0.2, 0.25) is 0 Å². The number of thiocarbonyl (C=S) groups is 1. The summed E-state index contributed by atoms with van der Waals surface area (Å²) in [5.74, 6) is 2.03. The third-order valence-electron chi connectivity index (χ3n) is 2.83. The summed E-state index contributed by atoms with van der Waals surface area (Å²) in [7, 11) is -0.657. The highest BCUT2D eigenvalue weighted by Crippen LogP contribution is 2.14. The fourth-order valence-electron chi connectivity index (χ4n) is 1.88. The van der Waals surface area contributed by atoms with E-state index in [9.17, 15) is 4.21 Å². The van der Waals surface area contributed by atoms with E-state index in [4.69, 9.17) is 18.0 Å². The fraction of sp³-hybridized carbons (Fsp3) is 0.545. The number of nitrogens with two attached hydrogens (primary N) is 1. The number of nitrogens with one attached hydrogen (secondary N) is 1. The smallest absolute Gasteiger partial charge is 0.223 e. The molecule has 0 spiro atoms. The van der Waals surface area contributed by atoms with Crippen molar-refractivity contribution in [2.24, 2.45) is 5.73 Å². The molecule has 0 saturated carbocycles. The standard InChI is InChI=1S/C11H16N4OS2/c1-7-6-9(10(12)17)15-11(13-7)14-8-2-4-18(16)5-3-8/h6,8H,2-5H2,1H3,(H2,12,17)(H,13,14,15). The second kappa shape index (κ2) is 5.71. The van der Waals surface area contributed by atoms with E-state index >= 15 is 0 Å². The van der Waals surface area contributed by atoms with Crippen LogP contribution in [0, 0.1) is 6.92 Å². The monoisotopic (exact) mass is 284 g/mol. The predicted octanol–water partition coefficient (Wildman–Crippen LogP) is 0.742. The first kappa shape index (κ1) is 13.4. The summed E-state index contributed by atoms with van der Waals surface area (Å²) in [4.78, 5) is 8.87. The summed E-state index contributed by atoms with van der Waals surface area (Å²) in [6, 6.07) is 2.05. The van der Waals surface area contributed by atoms with Crippen molar-refractivity contribution < 1.29 is 4.21 Å². The highest BCUT2D eigenvalue weighted by atomic mass is 32.2. The molecule has 0 bridgehead atoms. The van der Waals surface area contributed by atoms with Crippen molar-refractivity contribution in [3.05, 3.63) is 17.5 Å². The molecule has 18 heavy (non-hydrogen) atoms. The van der Waals surface area contributed by atoms with Gasteiger partial charge in [-0.25, -0.2) is 9.97 Å². The summed E-state index contributed by atoms with van der Waals surface area (Å²) in [6.07, 6.45) is 1.76. The zero-order valence-electron chi connectivity index (χ0n) is 10.2. The zero-order valence-corrected chi connectivity index (χ0v) is 11.8. The van der Waals surface area contributed by atoms with Crippen LogP contribution in [0.4, 0.5) is 5.95 Å². The average Bonchev–Trinajstić information content (AvgIpc) is 2.31. The van der Waals surface area contributed by atoms with Crippen molar-refractivity contribution in [3.8, 4) is 0 Å². The maximum absolute atomic E-state index is 11.3. The lowest BCUT2D eigenvalue weighted by atomic mass is 10.1. The van der Waals surface area contributed by atoms with Crippen molar-refractivity contribution in [3.63, 3.8) is 0 Å². The van der Waals surface area contributed by atoms with Gasteiger partial charge in [0.25, 0.3) is 0 Å². The Morgan fingerprint density at radius 1 is 1.50 bits per heavy atom. The van der Waals surface area contributed by atoms with Crippen LogP contribution >= 0.6 is 12.2 Å². The van der Waals surface area contributed by atoms with Gasteiger partial charge < -0.3 is 11.1 Å². The first-order chi connectivity index (χ1) is 8.54. The van der Waals surface area contributed by atoms with Crippen LogP contribution in [0.15, 0.2) is 6.07 Å². The molecule has 1 fully saturated rings. The molecular formula is C11H16N4OS2. The maximum atomic E-state index is 11.3. The normalized spacial score (nSPS) is 23.6. The van der Waals surface area contributed by atoms with E-state index in [1.54, 1.807) is 6.07 Å².